The molecule has 2 aromatic heterocycles. The molecule has 1 aliphatic heterocycles. The number of rotatable bonds is 5. The molecule has 0 unspecified atom stereocenters. The number of nitrogens with zero attached hydrogens (tertiary/aromatic N) is 4. The minimum Gasteiger partial charge on any atom is -0.472 e. The van der Waals surface area contributed by atoms with Crippen LogP contribution >= 0.6 is 0 Å². The number of piperazine rings is 1. The van der Waals surface area contributed by atoms with Crippen molar-refractivity contribution < 1.29 is 22.8 Å². The van der Waals surface area contributed by atoms with Gasteiger partial charge in [-0.15, -0.1) is 0 Å². The highest BCUT2D eigenvalue weighted by Crippen LogP contribution is 2.21. The van der Waals surface area contributed by atoms with E-state index >= 15 is 0 Å². The van der Waals surface area contributed by atoms with E-state index in [9.17, 15) is 13.6 Å². The van der Waals surface area contributed by atoms with Crippen LogP contribution in [0.5, 0.6) is 5.88 Å². The van der Waals surface area contributed by atoms with Gasteiger partial charge in [-0.25, -0.2) is 13.8 Å². The zero-order chi connectivity index (χ0) is 17.1. The van der Waals surface area contributed by atoms with Crippen molar-refractivity contribution in [1.82, 2.24) is 25.3 Å². The van der Waals surface area contributed by atoms with E-state index in [2.05, 4.69) is 20.4 Å². The Labute approximate surface area is 135 Å². The Kier molecular flexibility index (Phi) is 4.65. The fraction of sp³-hybridized carbons (Fsp3) is 0.429. The lowest BCUT2D eigenvalue weighted by Gasteiger charge is -2.28. The zero-order valence-corrected chi connectivity index (χ0v) is 12.8. The maximum Gasteiger partial charge on any atom is 0.272 e. The topological polar surface area (TPSA) is 93.4 Å². The highest BCUT2D eigenvalue weighted by Gasteiger charge is 2.28. The van der Waals surface area contributed by atoms with Gasteiger partial charge in [-0.1, -0.05) is 11.2 Å². The van der Waals surface area contributed by atoms with E-state index in [4.69, 9.17) is 9.26 Å². The van der Waals surface area contributed by atoms with Crippen LogP contribution in [0.15, 0.2) is 22.7 Å². The minimum atomic E-state index is -2.58. The van der Waals surface area contributed by atoms with E-state index in [0.717, 1.165) is 0 Å². The smallest absolute Gasteiger partial charge is 0.272 e. The van der Waals surface area contributed by atoms with E-state index in [0.29, 0.717) is 18.1 Å². The van der Waals surface area contributed by atoms with Crippen molar-refractivity contribution in [3.63, 3.8) is 0 Å². The monoisotopic (exact) mass is 339 g/mol. The van der Waals surface area contributed by atoms with Crippen molar-refractivity contribution in [2.24, 2.45) is 0 Å². The zero-order valence-electron chi connectivity index (χ0n) is 12.8. The van der Waals surface area contributed by atoms with E-state index in [-0.39, 0.29) is 30.2 Å². The summed E-state index contributed by atoms with van der Waals surface area (Å²) in [6, 6.07) is 4.42. The summed E-state index contributed by atoms with van der Waals surface area (Å²) in [5, 5.41) is 6.85. The number of amides is 1. The van der Waals surface area contributed by atoms with Crippen LogP contribution < -0.4 is 10.1 Å². The van der Waals surface area contributed by atoms with Gasteiger partial charge in [-0.3, -0.25) is 10.1 Å². The van der Waals surface area contributed by atoms with Crippen LogP contribution in [0, 0.1) is 0 Å². The molecular formula is C14H15F2N5O3. The van der Waals surface area contributed by atoms with Gasteiger partial charge >= 0.3 is 0 Å². The number of ether oxygens (including phenoxy) is 1. The molecule has 1 aliphatic rings. The molecule has 2 aromatic rings. The van der Waals surface area contributed by atoms with Crippen LogP contribution in [-0.2, 0) is 4.79 Å². The first kappa shape index (κ1) is 16.2. The van der Waals surface area contributed by atoms with Gasteiger partial charge in [-0.05, 0) is 6.07 Å². The van der Waals surface area contributed by atoms with Crippen molar-refractivity contribution in [3.05, 3.63) is 24.1 Å². The largest absolute Gasteiger partial charge is 0.472 e. The molecule has 3 rings (SSSR count). The second-order valence-electron chi connectivity index (χ2n) is 5.23. The number of pyridine rings is 1. The minimum absolute atomic E-state index is 0.0171. The number of halogens is 2. The maximum absolute atomic E-state index is 12.2. The lowest BCUT2D eigenvalue weighted by atomic mass is 10.2. The Morgan fingerprint density at radius 2 is 2.29 bits per heavy atom. The van der Waals surface area contributed by atoms with Crippen molar-refractivity contribution in [3.8, 4) is 17.4 Å². The normalized spacial score (nSPS) is 18.2. The van der Waals surface area contributed by atoms with Crippen LogP contribution in [0.4, 0.5) is 8.78 Å². The lowest BCUT2D eigenvalue weighted by Crippen LogP contribution is -2.47. The van der Waals surface area contributed by atoms with Crippen molar-refractivity contribution in [2.45, 2.75) is 12.5 Å². The summed E-state index contributed by atoms with van der Waals surface area (Å²) in [5.74, 6) is 0.579. The molecule has 1 atom stereocenters. The van der Waals surface area contributed by atoms with Gasteiger partial charge in [-0.2, -0.15) is 4.98 Å². The average Bonchev–Trinajstić information content (AvgIpc) is 3.06. The van der Waals surface area contributed by atoms with Gasteiger partial charge in [0.05, 0.1) is 6.54 Å². The predicted octanol–water partition coefficient (Wildman–Crippen LogP) is 0.878. The molecule has 0 spiro atoms. The number of hydrogen-bond donors (Lipinski definition) is 1. The SMILES string of the molecule is CN1C[C@@H](c2nc(-c3cccc(OCC(F)F)n3)no2)NCC1=O. The summed E-state index contributed by atoms with van der Waals surface area (Å²) in [4.78, 5) is 21.4. The molecule has 0 aliphatic carbocycles. The van der Waals surface area contributed by atoms with Gasteiger partial charge < -0.3 is 14.2 Å². The number of carbonyl (C=O) groups is 1. The Bertz CT molecular complexity index is 724. The predicted molar refractivity (Wildman–Crippen MR) is 77.4 cm³/mol. The third-order valence-electron chi connectivity index (χ3n) is 3.43. The Hall–Kier alpha value is -2.62. The van der Waals surface area contributed by atoms with Crippen LogP contribution in [0.25, 0.3) is 11.5 Å². The molecule has 10 heteroatoms. The summed E-state index contributed by atoms with van der Waals surface area (Å²) in [6.45, 7) is -0.139. The summed E-state index contributed by atoms with van der Waals surface area (Å²) in [5.41, 5.74) is 0.344. The van der Waals surface area contributed by atoms with Crippen LogP contribution in [0.1, 0.15) is 11.9 Å². The molecule has 0 aromatic carbocycles. The molecule has 128 valence electrons. The number of carbonyl (C=O) groups excluding carboxylic acids is 1. The van der Waals surface area contributed by atoms with Crippen molar-refractivity contribution in [2.75, 3.05) is 26.7 Å². The second kappa shape index (κ2) is 6.87. The molecule has 0 saturated carbocycles. The molecule has 0 radical (unpaired) electrons. The summed E-state index contributed by atoms with van der Waals surface area (Å²) >= 11 is 0. The summed E-state index contributed by atoms with van der Waals surface area (Å²) in [7, 11) is 1.69. The van der Waals surface area contributed by atoms with Gasteiger partial charge in [0.25, 0.3) is 6.43 Å². The average molecular weight is 339 g/mol. The van der Waals surface area contributed by atoms with Gasteiger partial charge in [0.15, 0.2) is 6.61 Å². The third kappa shape index (κ3) is 3.65. The molecule has 24 heavy (non-hydrogen) atoms. The highest BCUT2D eigenvalue weighted by molar-refractivity contribution is 5.78. The number of alkyl halides is 2. The van der Waals surface area contributed by atoms with E-state index < -0.39 is 13.0 Å². The number of hydrogen-bond acceptors (Lipinski definition) is 7. The van der Waals surface area contributed by atoms with Crippen molar-refractivity contribution in [1.29, 1.82) is 0 Å². The Morgan fingerprint density at radius 3 is 3.04 bits per heavy atom. The van der Waals surface area contributed by atoms with Crippen LogP contribution in [0.2, 0.25) is 0 Å². The van der Waals surface area contributed by atoms with Gasteiger partial charge in [0, 0.05) is 19.7 Å². The van der Waals surface area contributed by atoms with Gasteiger partial charge in [0.2, 0.25) is 23.5 Å². The van der Waals surface area contributed by atoms with E-state index in [1.165, 1.54) is 6.07 Å². The van der Waals surface area contributed by atoms with E-state index in [1.807, 2.05) is 0 Å². The first-order chi connectivity index (χ1) is 11.5. The first-order valence-corrected chi connectivity index (χ1v) is 7.22. The fourth-order valence-corrected chi connectivity index (χ4v) is 2.20. The van der Waals surface area contributed by atoms with Gasteiger partial charge in [0.1, 0.15) is 11.7 Å². The molecule has 1 N–H and O–H groups in total. The maximum atomic E-state index is 12.2. The Morgan fingerprint density at radius 1 is 1.46 bits per heavy atom. The molecule has 1 saturated heterocycles. The van der Waals surface area contributed by atoms with Crippen LogP contribution in [-0.4, -0.2) is 59.1 Å². The number of aromatic nitrogens is 3. The number of nitrogens with one attached hydrogen (secondary N) is 1. The summed E-state index contributed by atoms with van der Waals surface area (Å²) < 4.78 is 34.5. The molecule has 1 fully saturated rings. The second-order valence-corrected chi connectivity index (χ2v) is 5.23. The van der Waals surface area contributed by atoms with E-state index in [1.54, 1.807) is 24.1 Å². The molecule has 3 heterocycles. The standard InChI is InChI=1S/C14H15F2N5O3/c1-21-6-9(17-5-12(21)22)14-19-13(20-24-14)8-3-2-4-11(18-8)23-7-10(15)16/h2-4,9-10,17H,5-7H2,1H3/t9-/m0/s1. The molecular weight excluding hydrogens is 324 g/mol. The third-order valence-corrected chi connectivity index (χ3v) is 3.43. The molecule has 8 nitrogen and oxygen atoms in total. The summed E-state index contributed by atoms with van der Waals surface area (Å²) in [6.07, 6.45) is -2.58. The lowest BCUT2D eigenvalue weighted by molar-refractivity contribution is -0.131. The molecule has 0 bridgehead atoms. The van der Waals surface area contributed by atoms with Crippen molar-refractivity contribution >= 4 is 5.91 Å². The van der Waals surface area contributed by atoms with Crippen LogP contribution in [0.3, 0.4) is 0 Å². The Balaban J connectivity index is 1.73. The quantitative estimate of drug-likeness (QED) is 0.864. The number of likely N-dealkylation sites (N-methyl/N-ethyl adjacent to an activating group) is 1. The first-order valence-electron chi connectivity index (χ1n) is 7.22. The highest BCUT2D eigenvalue weighted by atomic mass is 19.3. The fourth-order valence-electron chi connectivity index (χ4n) is 2.20. The molecule has 1 amide bonds.